The fraction of sp³-hybridized carbons (Fsp3) is 0.400. The van der Waals surface area contributed by atoms with Crippen molar-refractivity contribution in [2.24, 2.45) is 5.92 Å². The highest BCUT2D eigenvalue weighted by molar-refractivity contribution is 7.92. The zero-order valence-corrected chi connectivity index (χ0v) is 19.1. The number of nitrogens with one attached hydrogen (secondary N) is 1. The van der Waals surface area contributed by atoms with Gasteiger partial charge in [0.05, 0.1) is 0 Å². The van der Waals surface area contributed by atoms with Crippen LogP contribution in [0.1, 0.15) is 30.4 Å². The molecule has 7 heteroatoms. The van der Waals surface area contributed by atoms with E-state index in [2.05, 4.69) is 34.5 Å². The van der Waals surface area contributed by atoms with Gasteiger partial charge in [0.2, 0.25) is 15.9 Å². The van der Waals surface area contributed by atoms with Crippen LogP contribution >= 0.6 is 0 Å². The molecule has 1 N–H and O–H groups in total. The third kappa shape index (κ3) is 6.06. The summed E-state index contributed by atoms with van der Waals surface area (Å²) >= 11 is 0. The van der Waals surface area contributed by atoms with E-state index in [0.29, 0.717) is 25.9 Å². The van der Waals surface area contributed by atoms with E-state index in [0.717, 1.165) is 31.6 Å². The molecular weight excluding hydrogens is 422 g/mol. The molecule has 0 aliphatic carbocycles. The maximum atomic E-state index is 12.8. The van der Waals surface area contributed by atoms with Gasteiger partial charge in [0.25, 0.3) is 0 Å². The van der Waals surface area contributed by atoms with Gasteiger partial charge in [0.15, 0.2) is 0 Å². The first-order valence-corrected chi connectivity index (χ1v) is 12.8. The van der Waals surface area contributed by atoms with E-state index < -0.39 is 10.0 Å². The summed E-state index contributed by atoms with van der Waals surface area (Å²) in [4.78, 5) is 15.1. The Morgan fingerprint density at radius 3 is 2.28 bits per heavy atom. The molecule has 6 nitrogen and oxygen atoms in total. The number of amides is 1. The van der Waals surface area contributed by atoms with Gasteiger partial charge in [-0.1, -0.05) is 60.7 Å². The zero-order chi connectivity index (χ0) is 22.4. The van der Waals surface area contributed by atoms with E-state index in [1.807, 2.05) is 36.4 Å². The second-order valence-electron chi connectivity index (χ2n) is 8.65. The second-order valence-corrected chi connectivity index (χ2v) is 10.5. The normalized spacial score (nSPS) is 21.2. The Balaban J connectivity index is 1.23. The minimum Gasteiger partial charge on any atom is -0.352 e. The summed E-state index contributed by atoms with van der Waals surface area (Å²) in [5.74, 6) is -0.0591. The summed E-state index contributed by atoms with van der Waals surface area (Å²) in [5, 5.41) is 4.47. The molecule has 2 aromatic rings. The quantitative estimate of drug-likeness (QED) is 0.700. The molecule has 2 aliphatic heterocycles. The maximum Gasteiger partial charge on any atom is 0.236 e. The number of hydrogen-bond acceptors (Lipinski definition) is 4. The van der Waals surface area contributed by atoms with Crippen molar-refractivity contribution in [2.75, 3.05) is 26.2 Å². The molecule has 2 aliphatic rings. The van der Waals surface area contributed by atoms with Crippen molar-refractivity contribution in [3.63, 3.8) is 0 Å². The summed E-state index contributed by atoms with van der Waals surface area (Å²) in [7, 11) is -3.48. The maximum absolute atomic E-state index is 12.8. The van der Waals surface area contributed by atoms with E-state index in [1.54, 1.807) is 6.08 Å². The van der Waals surface area contributed by atoms with Crippen LogP contribution in [0.5, 0.6) is 0 Å². The van der Waals surface area contributed by atoms with Crippen LogP contribution in [0.15, 0.2) is 66.1 Å². The Bertz CT molecular complexity index is 1020. The van der Waals surface area contributed by atoms with Crippen molar-refractivity contribution in [3.8, 4) is 0 Å². The van der Waals surface area contributed by atoms with Crippen LogP contribution < -0.4 is 5.32 Å². The summed E-state index contributed by atoms with van der Waals surface area (Å²) in [6.45, 7) is 3.50. The number of carbonyl (C=O) groups is 1. The third-order valence-electron chi connectivity index (χ3n) is 6.28. The number of rotatable bonds is 7. The number of likely N-dealkylation sites (tertiary alicyclic amines) is 1. The number of sulfonamides is 1. The molecule has 0 saturated carbocycles. The van der Waals surface area contributed by atoms with Crippen molar-refractivity contribution in [2.45, 2.75) is 31.8 Å². The van der Waals surface area contributed by atoms with E-state index >= 15 is 0 Å². The van der Waals surface area contributed by atoms with Gasteiger partial charge < -0.3 is 5.32 Å². The first-order chi connectivity index (χ1) is 15.5. The average molecular weight is 454 g/mol. The fourth-order valence-corrected chi connectivity index (χ4v) is 5.66. The van der Waals surface area contributed by atoms with Crippen molar-refractivity contribution in [1.29, 1.82) is 0 Å². The minimum absolute atomic E-state index is 0.0634. The van der Waals surface area contributed by atoms with Gasteiger partial charge >= 0.3 is 0 Å². The second kappa shape index (κ2) is 10.4. The smallest absolute Gasteiger partial charge is 0.236 e. The van der Waals surface area contributed by atoms with Crippen LogP contribution in [0.2, 0.25) is 0 Å². The largest absolute Gasteiger partial charge is 0.352 e. The molecule has 0 spiro atoms. The molecule has 0 bridgehead atoms. The van der Waals surface area contributed by atoms with Gasteiger partial charge in [-0.05, 0) is 36.5 Å². The molecule has 0 aromatic heterocycles. The van der Waals surface area contributed by atoms with Crippen LogP contribution in [-0.2, 0) is 21.4 Å². The lowest BCUT2D eigenvalue weighted by Crippen LogP contribution is -2.45. The van der Waals surface area contributed by atoms with Gasteiger partial charge in [0.1, 0.15) is 0 Å². The molecule has 1 atom stereocenters. The Morgan fingerprint density at radius 2 is 1.59 bits per heavy atom. The van der Waals surface area contributed by atoms with Crippen molar-refractivity contribution in [1.82, 2.24) is 14.5 Å². The predicted octanol–water partition coefficient (Wildman–Crippen LogP) is 3.09. The molecule has 2 heterocycles. The molecule has 32 heavy (non-hydrogen) atoms. The van der Waals surface area contributed by atoms with E-state index in [1.165, 1.54) is 15.3 Å². The fourth-order valence-electron chi connectivity index (χ4n) is 4.44. The average Bonchev–Trinajstić information content (AvgIpc) is 3.26. The lowest BCUT2D eigenvalue weighted by Gasteiger charge is -2.30. The molecule has 1 amide bonds. The number of nitrogens with zero attached hydrogens (tertiary/aromatic N) is 2. The highest BCUT2D eigenvalue weighted by atomic mass is 32.2. The third-order valence-corrected chi connectivity index (χ3v) is 7.85. The van der Waals surface area contributed by atoms with E-state index in [9.17, 15) is 13.2 Å². The molecule has 2 fully saturated rings. The Kier molecular flexibility index (Phi) is 7.40. The predicted molar refractivity (Wildman–Crippen MR) is 127 cm³/mol. The minimum atomic E-state index is -3.48. The summed E-state index contributed by atoms with van der Waals surface area (Å²) < 4.78 is 26.7. The molecule has 2 aromatic carbocycles. The van der Waals surface area contributed by atoms with Crippen LogP contribution in [0.3, 0.4) is 0 Å². The standard InChI is InChI=1S/C25H31N3O3S/c29-25(26-24-13-15-27(20-24)19-22-9-5-2-6-10-22)23-11-16-28(17-12-23)32(30,31)18-14-21-7-3-1-4-8-21/h1-10,14,18,23-24H,11-13,15-17,19-20H2,(H,26,29)/b18-14+. The van der Waals surface area contributed by atoms with Crippen LogP contribution in [0.4, 0.5) is 0 Å². The van der Waals surface area contributed by atoms with Crippen LogP contribution in [0, 0.1) is 5.92 Å². The Labute approximate surface area is 191 Å². The molecule has 1 unspecified atom stereocenters. The lowest BCUT2D eigenvalue weighted by molar-refractivity contribution is -0.126. The topological polar surface area (TPSA) is 69.7 Å². The highest BCUT2D eigenvalue weighted by Crippen LogP contribution is 2.22. The number of benzene rings is 2. The molecule has 4 rings (SSSR count). The van der Waals surface area contributed by atoms with Gasteiger partial charge in [-0.3, -0.25) is 9.69 Å². The first-order valence-electron chi connectivity index (χ1n) is 11.3. The van der Waals surface area contributed by atoms with E-state index in [4.69, 9.17) is 0 Å². The Hall–Kier alpha value is -2.48. The molecule has 0 radical (unpaired) electrons. The number of carbonyl (C=O) groups excluding carboxylic acids is 1. The molecule has 2 saturated heterocycles. The lowest BCUT2D eigenvalue weighted by atomic mass is 9.97. The van der Waals surface area contributed by atoms with Gasteiger partial charge in [0, 0.05) is 50.1 Å². The monoisotopic (exact) mass is 453 g/mol. The van der Waals surface area contributed by atoms with Crippen molar-refractivity contribution in [3.05, 3.63) is 77.2 Å². The first kappa shape index (κ1) is 22.7. The Morgan fingerprint density at radius 1 is 0.938 bits per heavy atom. The number of hydrogen-bond donors (Lipinski definition) is 1. The SMILES string of the molecule is O=C(NC1CCN(Cc2ccccc2)C1)C1CCN(S(=O)(=O)/C=C/c2ccccc2)CC1. The van der Waals surface area contributed by atoms with Crippen molar-refractivity contribution >= 4 is 22.0 Å². The van der Waals surface area contributed by atoms with Crippen LogP contribution in [0.25, 0.3) is 6.08 Å². The van der Waals surface area contributed by atoms with Crippen LogP contribution in [-0.4, -0.2) is 55.8 Å². The van der Waals surface area contributed by atoms with Gasteiger partial charge in [-0.25, -0.2) is 8.42 Å². The molecule has 170 valence electrons. The highest BCUT2D eigenvalue weighted by Gasteiger charge is 2.32. The van der Waals surface area contributed by atoms with Gasteiger partial charge in [-0.15, -0.1) is 0 Å². The zero-order valence-electron chi connectivity index (χ0n) is 18.3. The van der Waals surface area contributed by atoms with E-state index in [-0.39, 0.29) is 17.9 Å². The summed E-state index contributed by atoms with van der Waals surface area (Å²) in [6, 6.07) is 19.9. The molecular formula is C25H31N3O3S. The summed E-state index contributed by atoms with van der Waals surface area (Å²) in [5.41, 5.74) is 2.14. The van der Waals surface area contributed by atoms with Crippen molar-refractivity contribution < 1.29 is 13.2 Å². The van der Waals surface area contributed by atoms with Gasteiger partial charge in [-0.2, -0.15) is 4.31 Å². The number of piperidine rings is 1. The summed E-state index contributed by atoms with van der Waals surface area (Å²) in [6.07, 6.45) is 3.70.